The SMILES string of the molecule is Cc1ccc(S(=O)(=O)O[C@@H]2CC[C@@]3(C)[C@H](C2)C[C@@H](O)[C@@H]2[C@@H]3C[C@H](O)[C@]3(C)[C@@H]([C@H](C)CCC(=O)O)CC[C@@H]23)cc1. The van der Waals surface area contributed by atoms with Crippen LogP contribution in [-0.4, -0.2) is 48.0 Å². The van der Waals surface area contributed by atoms with Crippen LogP contribution in [0.25, 0.3) is 0 Å². The zero-order valence-corrected chi connectivity index (χ0v) is 24.6. The number of aliphatic hydroxyl groups is 2. The molecule has 7 nitrogen and oxygen atoms in total. The molecule has 0 amide bonds. The van der Waals surface area contributed by atoms with Gasteiger partial charge in [0.05, 0.1) is 23.2 Å². The first-order valence-electron chi connectivity index (χ1n) is 14.8. The Balaban J connectivity index is 1.33. The lowest BCUT2D eigenvalue weighted by atomic mass is 9.43. The van der Waals surface area contributed by atoms with Gasteiger partial charge < -0.3 is 15.3 Å². The quantitative estimate of drug-likeness (QED) is 0.392. The van der Waals surface area contributed by atoms with Gasteiger partial charge in [-0.25, -0.2) is 0 Å². The molecule has 8 heteroatoms. The van der Waals surface area contributed by atoms with E-state index in [1.54, 1.807) is 24.3 Å². The van der Waals surface area contributed by atoms with E-state index in [-0.39, 0.29) is 57.7 Å². The molecule has 4 aliphatic rings. The van der Waals surface area contributed by atoms with Gasteiger partial charge in [0.25, 0.3) is 10.1 Å². The average Bonchev–Trinajstić information content (AvgIpc) is 3.22. The lowest BCUT2D eigenvalue weighted by Crippen LogP contribution is -2.62. The summed E-state index contributed by atoms with van der Waals surface area (Å²) >= 11 is 0. The minimum Gasteiger partial charge on any atom is -0.481 e. The number of carboxylic acids is 1. The highest BCUT2D eigenvalue weighted by atomic mass is 32.2. The van der Waals surface area contributed by atoms with Gasteiger partial charge in [0.2, 0.25) is 0 Å². The number of rotatable bonds is 7. The van der Waals surface area contributed by atoms with Crippen molar-refractivity contribution in [3.05, 3.63) is 29.8 Å². The molecule has 1 aromatic rings. The van der Waals surface area contributed by atoms with Crippen molar-refractivity contribution in [3.63, 3.8) is 0 Å². The maximum Gasteiger partial charge on any atom is 0.303 e. The van der Waals surface area contributed by atoms with E-state index in [2.05, 4.69) is 20.8 Å². The van der Waals surface area contributed by atoms with E-state index in [9.17, 15) is 28.5 Å². The Morgan fingerprint density at radius 3 is 2.41 bits per heavy atom. The molecule has 218 valence electrons. The number of benzene rings is 1. The Kier molecular flexibility index (Phi) is 7.75. The molecule has 0 radical (unpaired) electrons. The highest BCUT2D eigenvalue weighted by Gasteiger charge is 2.65. The number of aliphatic carboxylic acids is 1. The number of hydrogen-bond donors (Lipinski definition) is 3. The summed E-state index contributed by atoms with van der Waals surface area (Å²) in [5.74, 6) is 0.267. The highest BCUT2D eigenvalue weighted by Crippen LogP contribution is 2.68. The molecule has 11 atom stereocenters. The van der Waals surface area contributed by atoms with E-state index in [1.165, 1.54) is 0 Å². The summed E-state index contributed by atoms with van der Waals surface area (Å²) in [5, 5.41) is 32.5. The standard InChI is InChI=1S/C31H46O7S/c1-18-5-8-22(9-6-18)39(36,37)38-21-13-14-30(3)20(15-21)16-26(32)29-24-11-10-23(19(2)7-12-28(34)35)31(24,4)27(33)17-25(29)30/h5-6,8-9,19-21,23-27,29,32-33H,7,10-17H2,1-4H3,(H,34,35)/t19-,20-,21-,23-,24+,25+,26-,27+,29+,30+,31-/m1/s1. The zero-order chi connectivity index (χ0) is 28.3. The molecule has 0 spiro atoms. The molecule has 5 rings (SSSR count). The monoisotopic (exact) mass is 562 g/mol. The number of hydrogen-bond acceptors (Lipinski definition) is 6. The van der Waals surface area contributed by atoms with Gasteiger partial charge in [-0.15, -0.1) is 0 Å². The van der Waals surface area contributed by atoms with Gasteiger partial charge in [-0.05, 0) is 117 Å². The molecule has 0 aromatic heterocycles. The Bertz CT molecular complexity index is 1170. The van der Waals surface area contributed by atoms with Crippen LogP contribution in [0.15, 0.2) is 29.2 Å². The summed E-state index contributed by atoms with van der Waals surface area (Å²) in [5.41, 5.74) is 0.570. The van der Waals surface area contributed by atoms with Crippen molar-refractivity contribution in [2.75, 3.05) is 0 Å². The van der Waals surface area contributed by atoms with E-state index in [0.29, 0.717) is 32.1 Å². The van der Waals surface area contributed by atoms with Crippen molar-refractivity contribution < 1.29 is 32.7 Å². The first kappa shape index (κ1) is 29.0. The third kappa shape index (κ3) is 4.98. The Morgan fingerprint density at radius 2 is 1.74 bits per heavy atom. The molecule has 4 fully saturated rings. The second kappa shape index (κ2) is 10.4. The van der Waals surface area contributed by atoms with Crippen molar-refractivity contribution in [1.82, 2.24) is 0 Å². The van der Waals surface area contributed by atoms with Crippen LogP contribution < -0.4 is 0 Å². The van der Waals surface area contributed by atoms with E-state index >= 15 is 0 Å². The summed E-state index contributed by atoms with van der Waals surface area (Å²) in [6.07, 6.45) is 4.57. The summed E-state index contributed by atoms with van der Waals surface area (Å²) in [6, 6.07) is 6.72. The Labute approximate surface area is 233 Å². The Morgan fingerprint density at radius 1 is 1.05 bits per heavy atom. The largest absolute Gasteiger partial charge is 0.481 e. The second-order valence-corrected chi connectivity index (χ2v) is 15.3. The van der Waals surface area contributed by atoms with Gasteiger partial charge in [0.15, 0.2) is 0 Å². The van der Waals surface area contributed by atoms with Crippen molar-refractivity contribution >= 4 is 16.1 Å². The first-order valence-corrected chi connectivity index (χ1v) is 16.3. The van der Waals surface area contributed by atoms with Crippen LogP contribution >= 0.6 is 0 Å². The van der Waals surface area contributed by atoms with Gasteiger partial charge in [-0.1, -0.05) is 38.5 Å². The fourth-order valence-electron chi connectivity index (χ4n) is 9.69. The molecule has 0 bridgehead atoms. The van der Waals surface area contributed by atoms with Crippen LogP contribution in [0.1, 0.15) is 84.1 Å². The fraction of sp³-hybridized carbons (Fsp3) is 0.774. The van der Waals surface area contributed by atoms with E-state index < -0.39 is 34.4 Å². The highest BCUT2D eigenvalue weighted by molar-refractivity contribution is 7.86. The van der Waals surface area contributed by atoms with E-state index in [4.69, 9.17) is 4.18 Å². The third-order valence-electron chi connectivity index (χ3n) is 11.9. The molecule has 3 N–H and O–H groups in total. The predicted octanol–water partition coefficient (Wildman–Crippen LogP) is 5.17. The van der Waals surface area contributed by atoms with Crippen LogP contribution in [-0.2, 0) is 19.1 Å². The minimum atomic E-state index is -3.86. The number of aliphatic hydroxyl groups excluding tert-OH is 2. The molecular formula is C31H46O7S. The van der Waals surface area contributed by atoms with Crippen molar-refractivity contribution in [1.29, 1.82) is 0 Å². The average molecular weight is 563 g/mol. The summed E-state index contributed by atoms with van der Waals surface area (Å²) < 4.78 is 31.7. The van der Waals surface area contributed by atoms with Crippen molar-refractivity contribution in [2.45, 2.75) is 109 Å². The van der Waals surface area contributed by atoms with Crippen LogP contribution in [0.3, 0.4) is 0 Å². The minimum absolute atomic E-state index is 0.0906. The van der Waals surface area contributed by atoms with Gasteiger partial charge in [0, 0.05) is 6.42 Å². The van der Waals surface area contributed by atoms with Crippen LogP contribution in [0, 0.1) is 53.3 Å². The first-order chi connectivity index (χ1) is 18.3. The molecule has 0 saturated heterocycles. The molecular weight excluding hydrogens is 516 g/mol. The summed E-state index contributed by atoms with van der Waals surface area (Å²) in [4.78, 5) is 11.4. The smallest absolute Gasteiger partial charge is 0.303 e. The normalized spacial score (nSPS) is 42.7. The van der Waals surface area contributed by atoms with Crippen LogP contribution in [0.5, 0.6) is 0 Å². The number of fused-ring (bicyclic) bond motifs is 5. The van der Waals surface area contributed by atoms with Gasteiger partial charge >= 0.3 is 5.97 Å². The molecule has 0 aliphatic heterocycles. The van der Waals surface area contributed by atoms with Gasteiger partial charge in [-0.3, -0.25) is 8.98 Å². The molecule has 39 heavy (non-hydrogen) atoms. The number of aryl methyl sites for hydroxylation is 1. The summed E-state index contributed by atoms with van der Waals surface area (Å²) in [7, 11) is -3.86. The maximum absolute atomic E-state index is 13.0. The number of carboxylic acid groups (broad SMARTS) is 1. The molecule has 4 aliphatic carbocycles. The fourth-order valence-corrected chi connectivity index (χ4v) is 10.8. The predicted molar refractivity (Wildman–Crippen MR) is 147 cm³/mol. The third-order valence-corrected chi connectivity index (χ3v) is 13.3. The number of carbonyl (C=O) groups is 1. The van der Waals surface area contributed by atoms with Crippen LogP contribution in [0.2, 0.25) is 0 Å². The second-order valence-electron chi connectivity index (χ2n) is 13.8. The molecule has 4 saturated carbocycles. The lowest BCUT2D eigenvalue weighted by molar-refractivity contribution is -0.206. The van der Waals surface area contributed by atoms with E-state index in [1.807, 2.05) is 6.92 Å². The lowest BCUT2D eigenvalue weighted by Gasteiger charge is -2.63. The van der Waals surface area contributed by atoms with Crippen LogP contribution in [0.4, 0.5) is 0 Å². The van der Waals surface area contributed by atoms with E-state index in [0.717, 1.165) is 24.8 Å². The Hall–Kier alpha value is -1.48. The van der Waals surface area contributed by atoms with Crippen molar-refractivity contribution in [2.24, 2.45) is 46.3 Å². The van der Waals surface area contributed by atoms with Gasteiger partial charge in [-0.2, -0.15) is 8.42 Å². The zero-order valence-electron chi connectivity index (χ0n) is 23.8. The molecule has 0 unspecified atom stereocenters. The molecule has 1 aromatic carbocycles. The molecule has 0 heterocycles. The van der Waals surface area contributed by atoms with Crippen molar-refractivity contribution in [3.8, 4) is 0 Å². The maximum atomic E-state index is 13.0. The summed E-state index contributed by atoms with van der Waals surface area (Å²) in [6.45, 7) is 8.52. The van der Waals surface area contributed by atoms with Gasteiger partial charge in [0.1, 0.15) is 0 Å². The topological polar surface area (TPSA) is 121 Å².